The topological polar surface area (TPSA) is 87.7 Å². The summed E-state index contributed by atoms with van der Waals surface area (Å²) < 4.78 is 5.51. The molecule has 0 saturated carbocycles. The predicted octanol–water partition coefficient (Wildman–Crippen LogP) is 2.85. The summed E-state index contributed by atoms with van der Waals surface area (Å²) in [6.07, 6.45) is 0.470. The predicted molar refractivity (Wildman–Crippen MR) is 80.7 cm³/mol. The van der Waals surface area contributed by atoms with Gasteiger partial charge >= 0.3 is 12.0 Å². The molecule has 0 saturated heterocycles. The van der Waals surface area contributed by atoms with Crippen molar-refractivity contribution in [1.82, 2.24) is 5.32 Å². The Labute approximate surface area is 124 Å². The lowest BCUT2D eigenvalue weighted by atomic mass is 10.1. The summed E-state index contributed by atoms with van der Waals surface area (Å²) in [5, 5.41) is 14.1. The maximum Gasteiger partial charge on any atom is 0.319 e. The van der Waals surface area contributed by atoms with E-state index in [4.69, 9.17) is 9.84 Å². The van der Waals surface area contributed by atoms with Gasteiger partial charge in [-0.3, -0.25) is 4.79 Å². The van der Waals surface area contributed by atoms with Crippen molar-refractivity contribution in [2.45, 2.75) is 39.2 Å². The number of carbonyl (C=O) groups excluding carboxylic acids is 1. The van der Waals surface area contributed by atoms with Crippen molar-refractivity contribution in [3.05, 3.63) is 24.3 Å². The molecule has 0 radical (unpaired) electrons. The Morgan fingerprint density at radius 3 is 2.52 bits per heavy atom. The van der Waals surface area contributed by atoms with Gasteiger partial charge in [0.25, 0.3) is 0 Å². The Hall–Kier alpha value is -2.24. The van der Waals surface area contributed by atoms with Crippen LogP contribution in [0.15, 0.2) is 24.3 Å². The second-order valence-electron chi connectivity index (χ2n) is 5.67. The summed E-state index contributed by atoms with van der Waals surface area (Å²) >= 11 is 0. The lowest BCUT2D eigenvalue weighted by Crippen LogP contribution is -2.43. The molecule has 1 rings (SSSR count). The number of benzene rings is 1. The van der Waals surface area contributed by atoms with Gasteiger partial charge in [0.2, 0.25) is 0 Å². The van der Waals surface area contributed by atoms with Crippen molar-refractivity contribution in [1.29, 1.82) is 0 Å². The first-order valence-electron chi connectivity index (χ1n) is 6.81. The third-order valence-corrected chi connectivity index (χ3v) is 2.42. The van der Waals surface area contributed by atoms with Crippen molar-refractivity contribution < 1.29 is 19.4 Å². The van der Waals surface area contributed by atoms with Gasteiger partial charge in [0.1, 0.15) is 5.75 Å². The van der Waals surface area contributed by atoms with E-state index in [-0.39, 0.29) is 24.6 Å². The molecule has 0 aliphatic heterocycles. The molecule has 116 valence electrons. The van der Waals surface area contributed by atoms with Crippen LogP contribution < -0.4 is 15.4 Å². The molecule has 0 aliphatic carbocycles. The van der Waals surface area contributed by atoms with Gasteiger partial charge in [-0.2, -0.15) is 0 Å². The molecular weight excluding hydrogens is 272 g/mol. The van der Waals surface area contributed by atoms with Gasteiger partial charge in [-0.15, -0.1) is 0 Å². The fourth-order valence-electron chi connectivity index (χ4n) is 1.60. The van der Waals surface area contributed by atoms with Gasteiger partial charge in [0.05, 0.1) is 12.3 Å². The maximum absolute atomic E-state index is 11.8. The van der Waals surface area contributed by atoms with Crippen molar-refractivity contribution in [2.75, 3.05) is 11.9 Å². The minimum atomic E-state index is -0.852. The van der Waals surface area contributed by atoms with E-state index >= 15 is 0 Å². The SMILES string of the molecule is CC(C)(C)NC(=O)Nc1ccccc1OCCCC(=O)O. The molecule has 0 atom stereocenters. The number of carboxylic acid groups (broad SMARTS) is 1. The van der Waals surface area contributed by atoms with E-state index in [1.165, 1.54) is 0 Å². The minimum Gasteiger partial charge on any atom is -0.491 e. The van der Waals surface area contributed by atoms with E-state index in [0.717, 1.165) is 0 Å². The zero-order chi connectivity index (χ0) is 15.9. The number of para-hydroxylation sites is 2. The molecule has 0 aromatic heterocycles. The van der Waals surface area contributed by atoms with Gasteiger partial charge < -0.3 is 20.5 Å². The average molecular weight is 294 g/mol. The summed E-state index contributed by atoms with van der Waals surface area (Å²) in [5.41, 5.74) is 0.219. The fourth-order valence-corrected chi connectivity index (χ4v) is 1.60. The molecule has 6 nitrogen and oxygen atoms in total. The number of rotatable bonds is 6. The number of carboxylic acids is 1. The molecule has 3 N–H and O–H groups in total. The van der Waals surface area contributed by atoms with Crippen LogP contribution in [0.25, 0.3) is 0 Å². The Bertz CT molecular complexity index is 495. The van der Waals surface area contributed by atoms with E-state index in [9.17, 15) is 9.59 Å². The number of anilines is 1. The van der Waals surface area contributed by atoms with Gasteiger partial charge in [-0.25, -0.2) is 4.79 Å². The van der Waals surface area contributed by atoms with E-state index in [0.29, 0.717) is 17.9 Å². The molecule has 0 spiro atoms. The number of amides is 2. The number of nitrogens with one attached hydrogen (secondary N) is 2. The molecule has 1 aromatic carbocycles. The highest BCUT2D eigenvalue weighted by Gasteiger charge is 2.14. The molecule has 0 bridgehead atoms. The summed E-state index contributed by atoms with van der Waals surface area (Å²) in [6.45, 7) is 5.95. The molecule has 0 fully saturated rings. The number of urea groups is 1. The highest BCUT2D eigenvalue weighted by molar-refractivity contribution is 5.91. The first-order valence-corrected chi connectivity index (χ1v) is 6.81. The Morgan fingerprint density at radius 2 is 1.90 bits per heavy atom. The zero-order valence-corrected chi connectivity index (χ0v) is 12.6. The highest BCUT2D eigenvalue weighted by Crippen LogP contribution is 2.24. The highest BCUT2D eigenvalue weighted by atomic mass is 16.5. The van der Waals surface area contributed by atoms with E-state index in [2.05, 4.69) is 10.6 Å². The lowest BCUT2D eigenvalue weighted by Gasteiger charge is -2.21. The van der Waals surface area contributed by atoms with Crippen LogP contribution in [0.2, 0.25) is 0 Å². The molecule has 1 aromatic rings. The maximum atomic E-state index is 11.8. The number of ether oxygens (including phenoxy) is 1. The van der Waals surface area contributed by atoms with Crippen molar-refractivity contribution in [3.63, 3.8) is 0 Å². The van der Waals surface area contributed by atoms with Crippen LogP contribution in [0.1, 0.15) is 33.6 Å². The summed E-state index contributed by atoms with van der Waals surface area (Å²) in [7, 11) is 0. The zero-order valence-electron chi connectivity index (χ0n) is 12.6. The molecule has 21 heavy (non-hydrogen) atoms. The molecular formula is C15H22N2O4. The third-order valence-electron chi connectivity index (χ3n) is 2.42. The number of hydrogen-bond donors (Lipinski definition) is 3. The van der Waals surface area contributed by atoms with Crippen molar-refractivity contribution >= 4 is 17.7 Å². The van der Waals surface area contributed by atoms with Gasteiger partial charge in [-0.1, -0.05) is 12.1 Å². The number of aliphatic carboxylic acids is 1. The summed E-state index contributed by atoms with van der Waals surface area (Å²) in [5.74, 6) is -0.332. The van der Waals surface area contributed by atoms with Crippen LogP contribution in [-0.2, 0) is 4.79 Å². The summed E-state index contributed by atoms with van der Waals surface area (Å²) in [6, 6.07) is 6.72. The van der Waals surface area contributed by atoms with Gasteiger partial charge in [-0.05, 0) is 39.3 Å². The van der Waals surface area contributed by atoms with Crippen LogP contribution >= 0.6 is 0 Å². The lowest BCUT2D eigenvalue weighted by molar-refractivity contribution is -0.137. The van der Waals surface area contributed by atoms with Gasteiger partial charge in [0.15, 0.2) is 0 Å². The Morgan fingerprint density at radius 1 is 1.24 bits per heavy atom. The second-order valence-corrected chi connectivity index (χ2v) is 5.67. The van der Waals surface area contributed by atoms with Crippen LogP contribution in [0.5, 0.6) is 5.75 Å². The molecule has 0 unspecified atom stereocenters. The molecule has 2 amide bonds. The normalized spacial score (nSPS) is 10.8. The number of hydrogen-bond acceptors (Lipinski definition) is 3. The Kier molecular flexibility index (Phi) is 6.02. The van der Waals surface area contributed by atoms with Crippen LogP contribution in [0, 0.1) is 0 Å². The van der Waals surface area contributed by atoms with E-state index in [1.54, 1.807) is 24.3 Å². The van der Waals surface area contributed by atoms with Crippen molar-refractivity contribution in [2.24, 2.45) is 0 Å². The smallest absolute Gasteiger partial charge is 0.319 e. The van der Waals surface area contributed by atoms with Crippen LogP contribution in [0.4, 0.5) is 10.5 Å². The van der Waals surface area contributed by atoms with E-state index < -0.39 is 5.97 Å². The van der Waals surface area contributed by atoms with Crippen molar-refractivity contribution in [3.8, 4) is 5.75 Å². The van der Waals surface area contributed by atoms with Gasteiger partial charge in [0, 0.05) is 12.0 Å². The van der Waals surface area contributed by atoms with Crippen LogP contribution in [-0.4, -0.2) is 29.3 Å². The molecule has 0 heterocycles. The quantitative estimate of drug-likeness (QED) is 0.704. The Balaban J connectivity index is 2.58. The second kappa shape index (κ2) is 7.52. The van der Waals surface area contributed by atoms with Crippen LogP contribution in [0.3, 0.4) is 0 Å². The molecule has 0 aliphatic rings. The first-order chi connectivity index (χ1) is 9.78. The molecule has 6 heteroatoms. The fraction of sp³-hybridized carbons (Fsp3) is 0.467. The summed E-state index contributed by atoms with van der Waals surface area (Å²) in [4.78, 5) is 22.3. The largest absolute Gasteiger partial charge is 0.491 e. The average Bonchev–Trinajstić information content (AvgIpc) is 2.33. The third kappa shape index (κ3) is 7.20. The minimum absolute atomic E-state index is 0.0557. The number of carbonyl (C=O) groups is 2. The first kappa shape index (κ1) is 16.8. The van der Waals surface area contributed by atoms with E-state index in [1.807, 2.05) is 20.8 Å². The monoisotopic (exact) mass is 294 g/mol. The standard InChI is InChI=1S/C15H22N2O4/c1-15(2,3)17-14(20)16-11-7-4-5-8-12(11)21-10-6-9-13(18)19/h4-5,7-8H,6,9-10H2,1-3H3,(H,18,19)(H2,16,17,20).